The molecule has 0 radical (unpaired) electrons. The van der Waals surface area contributed by atoms with Crippen LogP contribution in [0.2, 0.25) is 0 Å². The highest BCUT2D eigenvalue weighted by Gasteiger charge is 2.21. The molecule has 2 N–H and O–H groups in total. The molecule has 6 nitrogen and oxygen atoms in total. The quantitative estimate of drug-likeness (QED) is 0.218. The van der Waals surface area contributed by atoms with Gasteiger partial charge in [0.05, 0.1) is 14.2 Å². The second-order valence-electron chi connectivity index (χ2n) is 12.8. The van der Waals surface area contributed by atoms with E-state index in [9.17, 15) is 4.79 Å². The molecule has 0 saturated carbocycles. The molecule has 1 amide bonds. The van der Waals surface area contributed by atoms with Crippen LogP contribution in [0.4, 0.5) is 4.79 Å². The van der Waals surface area contributed by atoms with Gasteiger partial charge in [-0.1, -0.05) is 94.1 Å². The number of carbonyl (C=O) groups is 1. The molecule has 226 valence electrons. The summed E-state index contributed by atoms with van der Waals surface area (Å²) in [5.41, 5.74) is 6.96. The first-order valence-corrected chi connectivity index (χ1v) is 14.5. The first-order valence-electron chi connectivity index (χ1n) is 14.5. The van der Waals surface area contributed by atoms with Gasteiger partial charge in [0.25, 0.3) is 0 Å². The Balaban J connectivity index is 1.84. The van der Waals surface area contributed by atoms with E-state index in [1.54, 1.807) is 14.2 Å². The van der Waals surface area contributed by atoms with Crippen molar-refractivity contribution in [2.45, 2.75) is 66.0 Å². The monoisotopic (exact) mass is 580 g/mol. The van der Waals surface area contributed by atoms with Crippen LogP contribution in [0.15, 0.2) is 79.1 Å². The lowest BCUT2D eigenvalue weighted by Gasteiger charge is -2.22. The van der Waals surface area contributed by atoms with E-state index in [1.807, 2.05) is 33.8 Å². The Morgan fingerprint density at radius 1 is 0.767 bits per heavy atom. The van der Waals surface area contributed by atoms with Gasteiger partial charge in [-0.25, -0.2) is 4.79 Å². The molecule has 0 aromatic heterocycles. The van der Waals surface area contributed by atoms with Gasteiger partial charge in [-0.3, -0.25) is 5.32 Å². The third-order valence-corrected chi connectivity index (χ3v) is 7.37. The molecule has 0 heterocycles. The third kappa shape index (κ3) is 7.14. The second-order valence-corrected chi connectivity index (χ2v) is 12.8. The molecule has 6 heteroatoms. The number of benzene rings is 4. The Morgan fingerprint density at radius 3 is 2.02 bits per heavy atom. The van der Waals surface area contributed by atoms with Gasteiger partial charge in [-0.2, -0.15) is 0 Å². The van der Waals surface area contributed by atoms with Crippen LogP contribution >= 0.6 is 0 Å². The van der Waals surface area contributed by atoms with Crippen LogP contribution < -0.4 is 20.1 Å². The molecule has 4 rings (SSSR count). The van der Waals surface area contributed by atoms with E-state index in [2.05, 4.69) is 98.6 Å². The first kappa shape index (κ1) is 31.5. The van der Waals surface area contributed by atoms with Crippen LogP contribution in [-0.2, 0) is 16.7 Å². The number of methoxy groups -OCH3 is 2. The zero-order chi connectivity index (χ0) is 31.5. The van der Waals surface area contributed by atoms with Gasteiger partial charge in [0, 0.05) is 12.1 Å². The number of fused-ring (bicyclic) bond motifs is 1. The summed E-state index contributed by atoms with van der Waals surface area (Å²) in [4.78, 5) is 12.4. The van der Waals surface area contributed by atoms with E-state index < -0.39 is 11.7 Å². The summed E-state index contributed by atoms with van der Waals surface area (Å²) in [7, 11) is 3.31. The molecule has 4 aromatic carbocycles. The van der Waals surface area contributed by atoms with Crippen LogP contribution in [0.1, 0.15) is 58.2 Å². The molecule has 0 aliphatic rings. The van der Waals surface area contributed by atoms with Gasteiger partial charge in [-0.05, 0) is 77.3 Å². The van der Waals surface area contributed by atoms with Gasteiger partial charge in [-0.15, -0.1) is 0 Å². The molecule has 0 aliphatic carbocycles. The maximum Gasteiger partial charge on any atom is 0.413 e. The van der Waals surface area contributed by atoms with Crippen LogP contribution in [0.25, 0.3) is 33.0 Å². The average Bonchev–Trinajstić information content (AvgIpc) is 2.93. The Hall–Kier alpha value is -4.45. The number of hydrogen-bond donors (Lipinski definition) is 2. The molecule has 0 saturated heterocycles. The van der Waals surface area contributed by atoms with E-state index >= 15 is 0 Å². The minimum Gasteiger partial charge on any atom is -0.493 e. The lowest BCUT2D eigenvalue weighted by Crippen LogP contribution is -2.35. The van der Waals surface area contributed by atoms with Crippen molar-refractivity contribution in [2.24, 2.45) is 0 Å². The predicted molar refractivity (Wildman–Crippen MR) is 177 cm³/mol. The van der Waals surface area contributed by atoms with Crippen LogP contribution in [0.3, 0.4) is 0 Å². The van der Waals surface area contributed by atoms with Crippen molar-refractivity contribution in [3.8, 4) is 33.8 Å². The Morgan fingerprint density at radius 2 is 1.42 bits per heavy atom. The Labute approximate surface area is 256 Å². The summed E-state index contributed by atoms with van der Waals surface area (Å²) >= 11 is 0. The molecule has 0 fully saturated rings. The van der Waals surface area contributed by atoms with E-state index in [0.717, 1.165) is 44.2 Å². The maximum atomic E-state index is 12.4. The lowest BCUT2D eigenvalue weighted by molar-refractivity contribution is 0.0542. The van der Waals surface area contributed by atoms with Crippen LogP contribution in [0, 0.1) is 6.92 Å². The molecule has 43 heavy (non-hydrogen) atoms. The fraction of sp³-hybridized carbons (Fsp3) is 0.324. The summed E-state index contributed by atoms with van der Waals surface area (Å²) in [6, 6.07) is 23.6. The number of amides is 1. The maximum absolute atomic E-state index is 12.4. The van der Waals surface area contributed by atoms with Gasteiger partial charge < -0.3 is 19.5 Å². The molecule has 0 spiro atoms. The summed E-state index contributed by atoms with van der Waals surface area (Å²) < 4.78 is 17.0. The summed E-state index contributed by atoms with van der Waals surface area (Å²) in [6.07, 6.45) is -0.561. The minimum atomic E-state index is -0.615. The zero-order valence-corrected chi connectivity index (χ0v) is 26.9. The average molecular weight is 581 g/mol. The summed E-state index contributed by atoms with van der Waals surface area (Å²) in [5, 5.41) is 8.20. The van der Waals surface area contributed by atoms with Gasteiger partial charge in [0.2, 0.25) is 0 Å². The number of nitrogens with one attached hydrogen (secondary N) is 2. The number of ether oxygens (including phenoxy) is 3. The second kappa shape index (κ2) is 12.4. The fourth-order valence-electron chi connectivity index (χ4n) is 5.26. The molecule has 0 bridgehead atoms. The van der Waals surface area contributed by atoms with Crippen molar-refractivity contribution in [1.29, 1.82) is 0 Å². The van der Waals surface area contributed by atoms with Crippen molar-refractivity contribution >= 4 is 16.9 Å². The largest absolute Gasteiger partial charge is 0.493 e. The molecule has 0 unspecified atom stereocenters. The lowest BCUT2D eigenvalue weighted by atomic mass is 9.85. The highest BCUT2D eigenvalue weighted by Crippen LogP contribution is 2.44. The Kier molecular flexibility index (Phi) is 9.09. The van der Waals surface area contributed by atoms with E-state index in [0.29, 0.717) is 23.9 Å². The molecular weight excluding hydrogens is 536 g/mol. The van der Waals surface area contributed by atoms with Crippen molar-refractivity contribution < 1.29 is 19.0 Å². The molecule has 0 atom stereocenters. The van der Waals surface area contributed by atoms with Gasteiger partial charge >= 0.3 is 6.09 Å². The number of hydrogen-bond acceptors (Lipinski definition) is 5. The highest BCUT2D eigenvalue weighted by atomic mass is 16.6. The third-order valence-electron chi connectivity index (χ3n) is 7.37. The van der Waals surface area contributed by atoms with Crippen molar-refractivity contribution in [3.05, 3.63) is 95.8 Å². The molecule has 0 aliphatic heterocycles. The van der Waals surface area contributed by atoms with Crippen molar-refractivity contribution in [1.82, 2.24) is 10.6 Å². The Bertz CT molecular complexity index is 1640. The van der Waals surface area contributed by atoms with Gasteiger partial charge in [0.1, 0.15) is 11.4 Å². The first-order chi connectivity index (χ1) is 20.2. The molecule has 4 aromatic rings. The van der Waals surface area contributed by atoms with E-state index in [4.69, 9.17) is 14.2 Å². The van der Waals surface area contributed by atoms with Crippen LogP contribution in [0.5, 0.6) is 11.5 Å². The SMILES string of the molecule is C=C(NCc1c(-c2ccc(C)c(OC)c2OC)ccc2c(-c3ccc(C(C)(C)C)cc3)cccc12)NC(=O)OC(C)(C)C. The summed E-state index contributed by atoms with van der Waals surface area (Å²) in [6.45, 7) is 18.5. The fourth-order valence-corrected chi connectivity index (χ4v) is 5.26. The number of carbonyl (C=O) groups excluding carboxylic acids is 1. The summed E-state index contributed by atoms with van der Waals surface area (Å²) in [5.74, 6) is 1.71. The van der Waals surface area contributed by atoms with Crippen molar-refractivity contribution in [3.63, 3.8) is 0 Å². The number of rotatable bonds is 8. The molecular formula is C37H44N2O4. The standard InChI is InChI=1S/C37H44N2O4/c1-23-14-19-31(34(42-10)33(23)41-9)30-21-20-29-27(25-15-17-26(18-16-25)36(3,4)5)12-11-13-28(29)32(30)22-38-24(2)39-35(40)43-37(6,7)8/h11-21,38H,2,22H2,1,3-10H3,(H,39,40). The minimum absolute atomic E-state index is 0.0783. The van der Waals surface area contributed by atoms with E-state index in [1.165, 1.54) is 5.56 Å². The zero-order valence-electron chi connectivity index (χ0n) is 26.9. The van der Waals surface area contributed by atoms with E-state index in [-0.39, 0.29) is 5.41 Å². The van der Waals surface area contributed by atoms with Crippen molar-refractivity contribution in [2.75, 3.05) is 14.2 Å². The topological polar surface area (TPSA) is 68.8 Å². The number of aryl methyl sites for hydroxylation is 1. The van der Waals surface area contributed by atoms with Gasteiger partial charge in [0.15, 0.2) is 11.5 Å². The highest BCUT2D eigenvalue weighted by molar-refractivity contribution is 6.01. The van der Waals surface area contributed by atoms with Crippen LogP contribution in [-0.4, -0.2) is 25.9 Å². The smallest absolute Gasteiger partial charge is 0.413 e. The normalized spacial score (nSPS) is 11.7. The predicted octanol–water partition coefficient (Wildman–Crippen LogP) is 8.88. The number of alkyl carbamates (subject to hydrolysis) is 1.